The number of hydrogen-bond acceptors (Lipinski definition) is 9. The van der Waals surface area contributed by atoms with E-state index in [9.17, 15) is 29.1 Å². The Kier molecular flexibility index (Phi) is 9.91. The Morgan fingerprint density at radius 2 is 1.91 bits per heavy atom. The van der Waals surface area contributed by atoms with Gasteiger partial charge in [-0.2, -0.15) is 0 Å². The van der Waals surface area contributed by atoms with Gasteiger partial charge in [0.2, 0.25) is 17.7 Å². The van der Waals surface area contributed by atoms with Crippen molar-refractivity contribution < 1.29 is 28.7 Å². The highest BCUT2D eigenvalue weighted by Gasteiger charge is 2.33. The Bertz CT molecular complexity index is 1560. The molecule has 0 fully saturated rings. The Hall–Kier alpha value is -4.59. The highest BCUT2D eigenvalue weighted by atomic mass is 16.3. The number of amides is 4. The molecule has 1 aliphatic rings. The summed E-state index contributed by atoms with van der Waals surface area (Å²) in [5.41, 5.74) is 0.319. The van der Waals surface area contributed by atoms with E-state index in [1.54, 1.807) is 7.05 Å². The lowest BCUT2D eigenvalue weighted by molar-refractivity contribution is -0.133. The standard InChI is InChI=1S/C29H37N7O7/c1-15(2)11-21-28-34-22(13-43-28)25(39)30-10-6-5-7-19(26(40)35-23(16(3)37)27(41)33-21)32-24(38)17-8-9-18-20(12-17)31-14-36(4)29(18)42/h8-9,12-16,19,21,23,37H,5-7,10-11H2,1-4H3,(H,30,39)(H,32,38)(H,33,41)(H,35,40)/t16-,19+,21+,23+/m1/s1. The van der Waals surface area contributed by atoms with Gasteiger partial charge in [-0.25, -0.2) is 9.97 Å². The molecule has 0 unspecified atom stereocenters. The molecular weight excluding hydrogens is 558 g/mol. The van der Waals surface area contributed by atoms with Crippen molar-refractivity contribution in [2.24, 2.45) is 13.0 Å². The van der Waals surface area contributed by atoms with Crippen LogP contribution in [0.5, 0.6) is 0 Å². The topological polar surface area (TPSA) is 198 Å². The van der Waals surface area contributed by atoms with E-state index in [1.165, 1.54) is 42.3 Å². The zero-order valence-corrected chi connectivity index (χ0v) is 24.5. The van der Waals surface area contributed by atoms with Crippen LogP contribution in [0.15, 0.2) is 40.0 Å². The van der Waals surface area contributed by atoms with E-state index in [-0.39, 0.29) is 41.6 Å². The summed E-state index contributed by atoms with van der Waals surface area (Å²) in [7, 11) is 1.57. The second-order valence-electron chi connectivity index (χ2n) is 11.2. The van der Waals surface area contributed by atoms with Crippen LogP contribution >= 0.6 is 0 Å². The first-order chi connectivity index (χ1) is 20.4. The van der Waals surface area contributed by atoms with Crippen molar-refractivity contribution in [3.05, 3.63) is 58.3 Å². The van der Waals surface area contributed by atoms with Gasteiger partial charge in [-0.05, 0) is 56.7 Å². The highest BCUT2D eigenvalue weighted by molar-refractivity contribution is 6.00. The number of nitrogens with one attached hydrogen (secondary N) is 4. The second kappa shape index (κ2) is 13.6. The molecule has 4 amide bonds. The number of aromatic nitrogens is 3. The Morgan fingerprint density at radius 1 is 1.14 bits per heavy atom. The number of carbonyl (C=O) groups is 4. The van der Waals surface area contributed by atoms with Gasteiger partial charge in [0, 0.05) is 19.2 Å². The van der Waals surface area contributed by atoms with E-state index < -0.39 is 47.9 Å². The smallest absolute Gasteiger partial charge is 0.273 e. The van der Waals surface area contributed by atoms with Crippen LogP contribution in [0.4, 0.5) is 0 Å². The third-order valence-electron chi connectivity index (χ3n) is 7.15. The lowest BCUT2D eigenvalue weighted by atomic mass is 10.0. The SMILES string of the molecule is CC(C)C[C@@H]1NC(=O)[C@H]([C@@H](C)O)NC(=O)[C@@H](NC(=O)c2ccc3c(=O)n(C)cnc3c2)CCCCNC(=O)c2coc1n2. The van der Waals surface area contributed by atoms with Crippen LogP contribution in [0.1, 0.15) is 79.2 Å². The molecule has 43 heavy (non-hydrogen) atoms. The molecule has 3 heterocycles. The number of aliphatic hydroxyl groups excluding tert-OH is 1. The molecule has 1 aliphatic heterocycles. The van der Waals surface area contributed by atoms with Crippen LogP contribution in [0, 0.1) is 5.92 Å². The van der Waals surface area contributed by atoms with Crippen molar-refractivity contribution in [1.29, 1.82) is 0 Å². The summed E-state index contributed by atoms with van der Waals surface area (Å²) < 4.78 is 6.85. The van der Waals surface area contributed by atoms with Gasteiger partial charge in [0.15, 0.2) is 5.69 Å². The predicted octanol–water partition coefficient (Wildman–Crippen LogP) is 0.703. The molecule has 0 saturated heterocycles. The van der Waals surface area contributed by atoms with Gasteiger partial charge in [-0.3, -0.25) is 24.0 Å². The molecule has 14 nitrogen and oxygen atoms in total. The summed E-state index contributed by atoms with van der Waals surface area (Å²) in [5.74, 6) is -2.15. The number of benzene rings is 1. The molecule has 4 rings (SSSR count). The first kappa shape index (κ1) is 31.3. The Balaban J connectivity index is 1.59. The van der Waals surface area contributed by atoms with Crippen molar-refractivity contribution in [2.75, 3.05) is 6.54 Å². The van der Waals surface area contributed by atoms with Crippen molar-refractivity contribution in [3.63, 3.8) is 0 Å². The summed E-state index contributed by atoms with van der Waals surface area (Å²) in [6.45, 7) is 5.53. The summed E-state index contributed by atoms with van der Waals surface area (Å²) in [6, 6.07) is 1.28. The normalized spacial score (nSPS) is 21.2. The molecule has 0 spiro atoms. The van der Waals surface area contributed by atoms with Crippen LogP contribution < -0.4 is 26.8 Å². The molecule has 1 aromatic carbocycles. The zero-order valence-electron chi connectivity index (χ0n) is 24.5. The Morgan fingerprint density at radius 3 is 2.63 bits per heavy atom. The second-order valence-corrected chi connectivity index (χ2v) is 11.2. The molecule has 14 heteroatoms. The van der Waals surface area contributed by atoms with Crippen LogP contribution in [0.25, 0.3) is 10.9 Å². The van der Waals surface area contributed by atoms with Crippen LogP contribution in [-0.4, -0.2) is 68.0 Å². The molecule has 0 aliphatic carbocycles. The number of carbonyl (C=O) groups excluding carboxylic acids is 4. The third-order valence-corrected chi connectivity index (χ3v) is 7.15. The minimum Gasteiger partial charge on any atom is -0.446 e. The molecule has 2 aromatic heterocycles. The molecule has 0 radical (unpaired) electrons. The van der Waals surface area contributed by atoms with E-state index in [4.69, 9.17) is 4.42 Å². The summed E-state index contributed by atoms with van der Waals surface area (Å²) in [4.78, 5) is 73.5. The molecule has 5 N–H and O–H groups in total. The molecule has 4 atom stereocenters. The maximum atomic E-state index is 13.5. The first-order valence-electron chi connectivity index (χ1n) is 14.2. The predicted molar refractivity (Wildman–Crippen MR) is 155 cm³/mol. The monoisotopic (exact) mass is 595 g/mol. The number of fused-ring (bicyclic) bond motifs is 3. The van der Waals surface area contributed by atoms with Crippen molar-refractivity contribution in [3.8, 4) is 0 Å². The van der Waals surface area contributed by atoms with E-state index in [0.717, 1.165) is 0 Å². The van der Waals surface area contributed by atoms with Crippen LogP contribution in [0.3, 0.4) is 0 Å². The minimum atomic E-state index is -1.35. The fourth-order valence-electron chi connectivity index (χ4n) is 4.79. The van der Waals surface area contributed by atoms with Gasteiger partial charge in [0.25, 0.3) is 17.4 Å². The fraction of sp³-hybridized carbons (Fsp3) is 0.483. The van der Waals surface area contributed by atoms with Gasteiger partial charge < -0.3 is 35.4 Å². The fourth-order valence-corrected chi connectivity index (χ4v) is 4.79. The number of oxazole rings is 1. The minimum absolute atomic E-state index is 0.0679. The lowest BCUT2D eigenvalue weighted by Crippen LogP contribution is -2.57. The van der Waals surface area contributed by atoms with Crippen molar-refractivity contribution in [1.82, 2.24) is 35.8 Å². The van der Waals surface area contributed by atoms with Crippen LogP contribution in [0.2, 0.25) is 0 Å². The summed E-state index contributed by atoms with van der Waals surface area (Å²) in [5, 5.41) is 21.6. The van der Waals surface area contributed by atoms with Gasteiger partial charge in [-0.15, -0.1) is 0 Å². The lowest BCUT2D eigenvalue weighted by Gasteiger charge is -2.27. The summed E-state index contributed by atoms with van der Waals surface area (Å²) in [6.07, 6.45) is 2.81. The molecule has 3 aromatic rings. The van der Waals surface area contributed by atoms with E-state index >= 15 is 0 Å². The average Bonchev–Trinajstić information content (AvgIpc) is 3.46. The number of aryl methyl sites for hydroxylation is 1. The van der Waals surface area contributed by atoms with Gasteiger partial charge in [-0.1, -0.05) is 13.8 Å². The first-order valence-corrected chi connectivity index (χ1v) is 14.2. The van der Waals surface area contributed by atoms with E-state index in [0.29, 0.717) is 30.2 Å². The van der Waals surface area contributed by atoms with E-state index in [1.807, 2.05) is 13.8 Å². The zero-order chi connectivity index (χ0) is 31.3. The largest absolute Gasteiger partial charge is 0.446 e. The van der Waals surface area contributed by atoms with E-state index in [2.05, 4.69) is 31.2 Å². The van der Waals surface area contributed by atoms with Crippen molar-refractivity contribution in [2.45, 2.75) is 70.7 Å². The molecule has 0 saturated carbocycles. The maximum Gasteiger partial charge on any atom is 0.273 e. The molecule has 2 bridgehead atoms. The van der Waals surface area contributed by atoms with Crippen LogP contribution in [-0.2, 0) is 16.6 Å². The summed E-state index contributed by atoms with van der Waals surface area (Å²) >= 11 is 0. The molecular formula is C29H37N7O7. The quantitative estimate of drug-likeness (QED) is 0.282. The van der Waals surface area contributed by atoms with Gasteiger partial charge in [0.1, 0.15) is 24.4 Å². The number of hydrogen-bond donors (Lipinski definition) is 5. The van der Waals surface area contributed by atoms with Crippen molar-refractivity contribution >= 4 is 34.5 Å². The maximum absolute atomic E-state index is 13.5. The highest BCUT2D eigenvalue weighted by Crippen LogP contribution is 2.22. The molecule has 230 valence electrons. The average molecular weight is 596 g/mol. The number of nitrogens with zero attached hydrogens (tertiary/aromatic N) is 3. The van der Waals surface area contributed by atoms with Gasteiger partial charge >= 0.3 is 0 Å². The third kappa shape index (κ3) is 7.63. The number of aliphatic hydroxyl groups is 1. The van der Waals surface area contributed by atoms with Gasteiger partial charge in [0.05, 0.1) is 23.3 Å². The Labute approximate surface area is 247 Å². The number of rotatable bonds is 5.